The van der Waals surface area contributed by atoms with Crippen LogP contribution in [0.15, 0.2) is 60.7 Å². The number of likely N-dealkylation sites (tertiary alicyclic amines) is 1. The van der Waals surface area contributed by atoms with Crippen LogP contribution in [-0.2, 0) is 19.8 Å². The van der Waals surface area contributed by atoms with E-state index in [1.54, 1.807) is 42.5 Å². The third-order valence-corrected chi connectivity index (χ3v) is 9.32. The van der Waals surface area contributed by atoms with Gasteiger partial charge in [0.1, 0.15) is 17.8 Å². The third-order valence-electron chi connectivity index (χ3n) is 8.85. The van der Waals surface area contributed by atoms with E-state index in [4.69, 9.17) is 23.2 Å². The van der Waals surface area contributed by atoms with Crippen LogP contribution in [0.3, 0.4) is 0 Å². The van der Waals surface area contributed by atoms with Crippen LogP contribution < -0.4 is 16.0 Å². The maximum absolute atomic E-state index is 15.0. The predicted molar refractivity (Wildman–Crippen MR) is 160 cm³/mol. The second-order valence-corrected chi connectivity index (χ2v) is 12.2. The molecule has 3 N–H and O–H groups in total. The molecular formula is C32H31Cl2FN4O3. The number of halogens is 3. The van der Waals surface area contributed by atoms with Gasteiger partial charge in [0.15, 0.2) is 0 Å². The van der Waals surface area contributed by atoms with E-state index in [-0.39, 0.29) is 36.7 Å². The van der Waals surface area contributed by atoms with E-state index in [0.29, 0.717) is 38.0 Å². The van der Waals surface area contributed by atoms with Crippen LogP contribution in [0.2, 0.25) is 10.0 Å². The van der Waals surface area contributed by atoms with Crippen LogP contribution in [0.4, 0.5) is 10.1 Å². The lowest BCUT2D eigenvalue weighted by Crippen LogP contribution is -2.60. The van der Waals surface area contributed by atoms with Gasteiger partial charge in [-0.3, -0.25) is 14.4 Å². The van der Waals surface area contributed by atoms with E-state index in [9.17, 15) is 18.8 Å². The molecule has 0 saturated carbocycles. The van der Waals surface area contributed by atoms with E-state index >= 15 is 0 Å². The highest BCUT2D eigenvalue weighted by atomic mass is 35.5. The Hall–Kier alpha value is -3.46. The molecule has 3 aliphatic heterocycles. The quantitative estimate of drug-likeness (QED) is 0.369. The normalized spacial score (nSPS) is 24.0. The standard InChI is InChI=1S/C32H31Cl2FN4O3/c1-18-5-7-22(35)15-24(18)30-32(25-8-6-21(34)14-27(25)38-31(32)42)26(19-3-2-4-20(33)13-19)16-29(41)39(30)17-28(40)37-23-9-11-36-12-10-23/h2-8,13-15,23,26,30,36H,9-12,16-17H2,1H3,(H,37,40)(H,38,42)/t26?,30-,32+/m1/s1. The minimum atomic E-state index is -1.41. The van der Waals surface area contributed by atoms with Crippen molar-refractivity contribution in [3.63, 3.8) is 0 Å². The summed E-state index contributed by atoms with van der Waals surface area (Å²) < 4.78 is 15.0. The van der Waals surface area contributed by atoms with E-state index in [2.05, 4.69) is 16.0 Å². The summed E-state index contributed by atoms with van der Waals surface area (Å²) in [5.41, 5.74) is 1.60. The molecule has 1 unspecified atom stereocenters. The zero-order chi connectivity index (χ0) is 29.6. The van der Waals surface area contributed by atoms with Crippen LogP contribution in [0.5, 0.6) is 0 Å². The first-order chi connectivity index (χ1) is 20.2. The molecular weight excluding hydrogens is 578 g/mol. The molecule has 0 bridgehead atoms. The number of anilines is 1. The number of hydrogen-bond acceptors (Lipinski definition) is 4. The molecule has 42 heavy (non-hydrogen) atoms. The van der Waals surface area contributed by atoms with Crippen LogP contribution in [-0.4, -0.2) is 48.3 Å². The van der Waals surface area contributed by atoms with Crippen LogP contribution in [0.25, 0.3) is 0 Å². The van der Waals surface area contributed by atoms with Gasteiger partial charge >= 0.3 is 0 Å². The highest BCUT2D eigenvalue weighted by Crippen LogP contribution is 2.60. The molecule has 3 amide bonds. The first kappa shape index (κ1) is 28.6. The van der Waals surface area contributed by atoms with Crippen molar-refractivity contribution >= 4 is 46.6 Å². The fourth-order valence-electron chi connectivity index (χ4n) is 6.98. The molecule has 2 fully saturated rings. The Kier molecular flexibility index (Phi) is 7.72. The van der Waals surface area contributed by atoms with Crippen molar-refractivity contribution in [2.24, 2.45) is 0 Å². The summed E-state index contributed by atoms with van der Waals surface area (Å²) in [4.78, 5) is 43.6. The Morgan fingerprint density at radius 1 is 1.05 bits per heavy atom. The van der Waals surface area contributed by atoms with Crippen molar-refractivity contribution < 1.29 is 18.8 Å². The fourth-order valence-corrected chi connectivity index (χ4v) is 7.35. The van der Waals surface area contributed by atoms with Crippen LogP contribution in [0, 0.1) is 12.7 Å². The summed E-state index contributed by atoms with van der Waals surface area (Å²) in [5.74, 6) is -2.15. The maximum atomic E-state index is 15.0. The first-order valence-corrected chi connectivity index (χ1v) is 14.9. The molecule has 3 aromatic rings. The molecule has 0 aromatic heterocycles. The van der Waals surface area contributed by atoms with Crippen molar-refractivity contribution in [1.29, 1.82) is 0 Å². The van der Waals surface area contributed by atoms with Gasteiger partial charge < -0.3 is 20.9 Å². The third kappa shape index (κ3) is 4.95. The molecule has 3 aromatic carbocycles. The molecule has 1 spiro atoms. The van der Waals surface area contributed by atoms with Crippen LogP contribution in [0.1, 0.15) is 53.5 Å². The van der Waals surface area contributed by atoms with E-state index in [1.165, 1.54) is 17.0 Å². The smallest absolute Gasteiger partial charge is 0.239 e. The Morgan fingerprint density at radius 3 is 2.57 bits per heavy atom. The summed E-state index contributed by atoms with van der Waals surface area (Å²) in [6, 6.07) is 15.6. The minimum Gasteiger partial charge on any atom is -0.352 e. The number of carbonyl (C=O) groups excluding carboxylic acids is 3. The van der Waals surface area contributed by atoms with Gasteiger partial charge in [-0.1, -0.05) is 47.5 Å². The molecule has 3 atom stereocenters. The predicted octanol–water partition coefficient (Wildman–Crippen LogP) is 5.26. The van der Waals surface area contributed by atoms with Gasteiger partial charge in [0, 0.05) is 34.1 Å². The lowest BCUT2D eigenvalue weighted by Gasteiger charge is -2.51. The number of nitrogens with zero attached hydrogens (tertiary/aromatic N) is 1. The number of rotatable bonds is 5. The zero-order valence-electron chi connectivity index (χ0n) is 23.1. The number of carbonyl (C=O) groups is 3. The molecule has 6 rings (SSSR count). The molecule has 218 valence electrons. The lowest BCUT2D eigenvalue weighted by atomic mass is 9.58. The Labute approximate surface area is 253 Å². The van der Waals surface area contributed by atoms with Gasteiger partial charge in [0.2, 0.25) is 17.7 Å². The SMILES string of the molecule is Cc1ccc(F)cc1[C@H]1N(CC(=O)NC2CCNCC2)C(=O)CC(c2cccc(Cl)c2)[C@]12C(=O)Nc1cc(Cl)ccc12. The average Bonchev–Trinajstić information content (AvgIpc) is 3.23. The van der Waals surface area contributed by atoms with E-state index < -0.39 is 23.2 Å². The summed E-state index contributed by atoms with van der Waals surface area (Å²) >= 11 is 12.8. The lowest BCUT2D eigenvalue weighted by molar-refractivity contribution is -0.149. The monoisotopic (exact) mass is 608 g/mol. The highest BCUT2D eigenvalue weighted by molar-refractivity contribution is 6.31. The highest BCUT2D eigenvalue weighted by Gasteiger charge is 2.63. The van der Waals surface area contributed by atoms with Gasteiger partial charge in [-0.25, -0.2) is 4.39 Å². The van der Waals surface area contributed by atoms with Crippen LogP contribution >= 0.6 is 23.2 Å². The molecule has 10 heteroatoms. The summed E-state index contributed by atoms with van der Waals surface area (Å²) in [6.45, 7) is 3.13. The zero-order valence-corrected chi connectivity index (χ0v) is 24.6. The van der Waals surface area contributed by atoms with Crippen molar-refractivity contribution in [2.75, 3.05) is 25.0 Å². The number of piperidine rings is 2. The summed E-state index contributed by atoms with van der Waals surface area (Å²) in [6.07, 6.45) is 1.51. The van der Waals surface area contributed by atoms with Crippen molar-refractivity contribution in [3.8, 4) is 0 Å². The Bertz CT molecular complexity index is 1580. The first-order valence-electron chi connectivity index (χ1n) is 14.1. The Balaban J connectivity index is 1.56. The van der Waals surface area contributed by atoms with Gasteiger partial charge in [0.05, 0.1) is 6.04 Å². The molecule has 3 aliphatic rings. The number of nitrogens with one attached hydrogen (secondary N) is 3. The topological polar surface area (TPSA) is 90.5 Å². The average molecular weight is 610 g/mol. The number of aryl methyl sites for hydroxylation is 1. The Morgan fingerprint density at radius 2 is 1.81 bits per heavy atom. The largest absolute Gasteiger partial charge is 0.352 e. The molecule has 0 radical (unpaired) electrons. The second kappa shape index (κ2) is 11.3. The van der Waals surface area contributed by atoms with Crippen molar-refractivity contribution in [1.82, 2.24) is 15.5 Å². The molecule has 7 nitrogen and oxygen atoms in total. The number of fused-ring (bicyclic) bond motifs is 2. The van der Waals surface area contributed by atoms with E-state index in [1.807, 2.05) is 13.0 Å². The summed E-state index contributed by atoms with van der Waals surface area (Å²) in [5, 5.41) is 10.3. The summed E-state index contributed by atoms with van der Waals surface area (Å²) in [7, 11) is 0. The number of benzene rings is 3. The fraction of sp³-hybridized carbons (Fsp3) is 0.344. The number of amides is 3. The van der Waals surface area contributed by atoms with E-state index in [0.717, 1.165) is 25.9 Å². The van der Waals surface area contributed by atoms with Gasteiger partial charge in [-0.05, 0) is 91.5 Å². The van der Waals surface area contributed by atoms with Crippen molar-refractivity contribution in [2.45, 2.75) is 49.6 Å². The molecule has 2 saturated heterocycles. The van der Waals surface area contributed by atoms with Gasteiger partial charge in [0.25, 0.3) is 0 Å². The van der Waals surface area contributed by atoms with Crippen molar-refractivity contribution in [3.05, 3.63) is 98.8 Å². The maximum Gasteiger partial charge on any atom is 0.239 e. The van der Waals surface area contributed by atoms with Gasteiger partial charge in [-0.2, -0.15) is 0 Å². The molecule has 3 heterocycles. The minimum absolute atomic E-state index is 0.0150. The number of hydrogen-bond donors (Lipinski definition) is 3. The van der Waals surface area contributed by atoms with Gasteiger partial charge in [-0.15, -0.1) is 0 Å². The molecule has 0 aliphatic carbocycles. The second-order valence-electron chi connectivity index (χ2n) is 11.3.